The van der Waals surface area contributed by atoms with Crippen molar-refractivity contribution >= 4 is 11.6 Å². The van der Waals surface area contributed by atoms with Crippen LogP contribution in [0.1, 0.15) is 30.8 Å². The molecule has 0 spiro atoms. The summed E-state index contributed by atoms with van der Waals surface area (Å²) in [6.45, 7) is 9.23. The summed E-state index contributed by atoms with van der Waals surface area (Å²) in [6.07, 6.45) is 2.63. The first-order valence-corrected chi connectivity index (χ1v) is 7.55. The van der Waals surface area contributed by atoms with Crippen LogP contribution in [0.15, 0.2) is 18.3 Å². The van der Waals surface area contributed by atoms with Crippen molar-refractivity contribution in [3.8, 4) is 11.5 Å². The fourth-order valence-electron chi connectivity index (χ4n) is 2.24. The van der Waals surface area contributed by atoms with Crippen LogP contribution in [0.4, 0.5) is 0 Å². The molecule has 21 heavy (non-hydrogen) atoms. The molecule has 0 aliphatic rings. The van der Waals surface area contributed by atoms with Gasteiger partial charge >= 0.3 is 0 Å². The molecule has 0 bridgehead atoms. The van der Waals surface area contributed by atoms with Gasteiger partial charge in [-0.25, -0.2) is 9.97 Å². The molecule has 2 aromatic rings. The maximum absolute atomic E-state index is 6.17. The van der Waals surface area contributed by atoms with E-state index in [4.69, 9.17) is 11.6 Å². The third kappa shape index (κ3) is 3.99. The highest BCUT2D eigenvalue weighted by atomic mass is 35.5. The molecule has 2 rings (SSSR count). The first-order chi connectivity index (χ1) is 9.99. The number of hydrogen-bond donors (Lipinski definition) is 1. The molecular formula is C16H21ClN4. The van der Waals surface area contributed by atoms with Crippen molar-refractivity contribution in [1.82, 2.24) is 20.3 Å². The van der Waals surface area contributed by atoms with E-state index in [0.29, 0.717) is 22.6 Å². The molecule has 112 valence electrons. The minimum atomic E-state index is 0.484. The van der Waals surface area contributed by atoms with Crippen molar-refractivity contribution < 1.29 is 0 Å². The summed E-state index contributed by atoms with van der Waals surface area (Å²) >= 11 is 6.17. The number of pyridine rings is 1. The van der Waals surface area contributed by atoms with Gasteiger partial charge in [-0.3, -0.25) is 4.98 Å². The van der Waals surface area contributed by atoms with E-state index in [1.165, 1.54) is 5.56 Å². The number of hydrogen-bond acceptors (Lipinski definition) is 4. The summed E-state index contributed by atoms with van der Waals surface area (Å²) in [5, 5.41) is 3.99. The molecule has 2 aromatic heterocycles. The van der Waals surface area contributed by atoms with Crippen molar-refractivity contribution in [1.29, 1.82) is 0 Å². The van der Waals surface area contributed by atoms with Gasteiger partial charge in [0.2, 0.25) is 0 Å². The molecule has 0 fully saturated rings. The molecule has 0 atom stereocenters. The number of aromatic nitrogens is 3. The third-order valence-electron chi connectivity index (χ3n) is 3.32. The van der Waals surface area contributed by atoms with E-state index >= 15 is 0 Å². The highest BCUT2D eigenvalue weighted by Gasteiger charge is 2.13. The van der Waals surface area contributed by atoms with E-state index in [1.54, 1.807) is 18.3 Å². The lowest BCUT2D eigenvalue weighted by molar-refractivity contribution is 0.588. The standard InChI is InChI=1S/C16H21ClN4/c1-10(2)18-9-7-13-11(3)20-16(21-12(13)4)15-14(17)6-5-8-19-15/h5-6,8,10,18H,7,9H2,1-4H3. The van der Waals surface area contributed by atoms with Crippen LogP contribution < -0.4 is 5.32 Å². The molecule has 0 saturated carbocycles. The van der Waals surface area contributed by atoms with Crippen molar-refractivity contribution in [3.63, 3.8) is 0 Å². The van der Waals surface area contributed by atoms with E-state index < -0.39 is 0 Å². The molecule has 0 aliphatic heterocycles. The van der Waals surface area contributed by atoms with Crippen molar-refractivity contribution in [3.05, 3.63) is 40.3 Å². The summed E-state index contributed by atoms with van der Waals surface area (Å²) in [4.78, 5) is 13.4. The fourth-order valence-corrected chi connectivity index (χ4v) is 2.45. The zero-order valence-electron chi connectivity index (χ0n) is 12.9. The van der Waals surface area contributed by atoms with Gasteiger partial charge in [0.1, 0.15) is 5.69 Å². The van der Waals surface area contributed by atoms with Crippen LogP contribution in [0, 0.1) is 13.8 Å². The number of aryl methyl sites for hydroxylation is 2. The second kappa shape index (κ2) is 6.96. The minimum absolute atomic E-state index is 0.484. The average molecular weight is 305 g/mol. The lowest BCUT2D eigenvalue weighted by atomic mass is 10.1. The predicted octanol–water partition coefficient (Wildman–Crippen LogP) is 3.35. The first kappa shape index (κ1) is 15.9. The maximum atomic E-state index is 6.17. The SMILES string of the molecule is Cc1nc(-c2ncccc2Cl)nc(C)c1CCNC(C)C. The third-order valence-corrected chi connectivity index (χ3v) is 3.62. The molecule has 4 nitrogen and oxygen atoms in total. The van der Waals surface area contributed by atoms with Gasteiger partial charge in [0.15, 0.2) is 5.82 Å². The zero-order valence-corrected chi connectivity index (χ0v) is 13.7. The quantitative estimate of drug-likeness (QED) is 0.920. The van der Waals surface area contributed by atoms with Gasteiger partial charge in [-0.15, -0.1) is 0 Å². The molecule has 0 radical (unpaired) electrons. The Morgan fingerprint density at radius 1 is 1.19 bits per heavy atom. The van der Waals surface area contributed by atoms with Crippen LogP contribution in [0.5, 0.6) is 0 Å². The van der Waals surface area contributed by atoms with Gasteiger partial charge in [-0.05, 0) is 44.5 Å². The van der Waals surface area contributed by atoms with Gasteiger partial charge in [0, 0.05) is 23.6 Å². The summed E-state index contributed by atoms with van der Waals surface area (Å²) in [5.74, 6) is 0.594. The van der Waals surface area contributed by atoms with Gasteiger partial charge < -0.3 is 5.32 Å². The fraction of sp³-hybridized carbons (Fsp3) is 0.438. The Labute approximate surface area is 131 Å². The van der Waals surface area contributed by atoms with Gasteiger partial charge in [0.25, 0.3) is 0 Å². The average Bonchev–Trinajstić information content (AvgIpc) is 2.42. The van der Waals surface area contributed by atoms with E-state index in [9.17, 15) is 0 Å². The molecule has 5 heteroatoms. The topological polar surface area (TPSA) is 50.7 Å². The summed E-state index contributed by atoms with van der Waals surface area (Å²) < 4.78 is 0. The maximum Gasteiger partial charge on any atom is 0.180 e. The summed E-state index contributed by atoms with van der Waals surface area (Å²) in [6, 6.07) is 4.09. The Bertz CT molecular complexity index is 602. The Kier molecular flexibility index (Phi) is 5.26. The highest BCUT2D eigenvalue weighted by Crippen LogP contribution is 2.23. The monoisotopic (exact) mass is 304 g/mol. The Hall–Kier alpha value is -1.52. The molecule has 0 aliphatic carbocycles. The van der Waals surface area contributed by atoms with Crippen LogP contribution in [-0.2, 0) is 6.42 Å². The van der Waals surface area contributed by atoms with Gasteiger partial charge in [0.05, 0.1) is 5.02 Å². The molecule has 0 unspecified atom stereocenters. The van der Waals surface area contributed by atoms with Crippen LogP contribution in [0.2, 0.25) is 5.02 Å². The van der Waals surface area contributed by atoms with Crippen LogP contribution in [0.3, 0.4) is 0 Å². The second-order valence-electron chi connectivity index (χ2n) is 5.39. The van der Waals surface area contributed by atoms with E-state index in [-0.39, 0.29) is 0 Å². The first-order valence-electron chi connectivity index (χ1n) is 7.17. The molecule has 0 aromatic carbocycles. The normalized spacial score (nSPS) is 11.1. The van der Waals surface area contributed by atoms with Crippen LogP contribution in [-0.4, -0.2) is 27.5 Å². The highest BCUT2D eigenvalue weighted by molar-refractivity contribution is 6.32. The molecule has 1 N–H and O–H groups in total. The smallest absolute Gasteiger partial charge is 0.180 e. The number of nitrogens with one attached hydrogen (secondary N) is 1. The number of rotatable bonds is 5. The van der Waals surface area contributed by atoms with Crippen LogP contribution >= 0.6 is 11.6 Å². The molecular weight excluding hydrogens is 284 g/mol. The van der Waals surface area contributed by atoms with Gasteiger partial charge in [-0.1, -0.05) is 25.4 Å². The predicted molar refractivity (Wildman–Crippen MR) is 86.6 cm³/mol. The van der Waals surface area contributed by atoms with Gasteiger partial charge in [-0.2, -0.15) is 0 Å². The Balaban J connectivity index is 2.27. The Morgan fingerprint density at radius 2 is 1.86 bits per heavy atom. The van der Waals surface area contributed by atoms with Crippen LogP contribution in [0.25, 0.3) is 11.5 Å². The Morgan fingerprint density at radius 3 is 2.43 bits per heavy atom. The van der Waals surface area contributed by atoms with Crippen molar-refractivity contribution in [2.24, 2.45) is 0 Å². The van der Waals surface area contributed by atoms with E-state index in [1.807, 2.05) is 13.8 Å². The molecule has 0 amide bonds. The number of halogens is 1. The lowest BCUT2D eigenvalue weighted by Crippen LogP contribution is -2.25. The summed E-state index contributed by atoms with van der Waals surface area (Å²) in [7, 11) is 0. The number of nitrogens with zero attached hydrogens (tertiary/aromatic N) is 3. The second-order valence-corrected chi connectivity index (χ2v) is 5.80. The summed E-state index contributed by atoms with van der Waals surface area (Å²) in [5.41, 5.74) is 3.81. The molecule has 2 heterocycles. The lowest BCUT2D eigenvalue weighted by Gasteiger charge is -2.13. The van der Waals surface area contributed by atoms with E-state index in [0.717, 1.165) is 24.4 Å². The molecule has 0 saturated heterocycles. The van der Waals surface area contributed by atoms with Crippen molar-refractivity contribution in [2.45, 2.75) is 40.2 Å². The largest absolute Gasteiger partial charge is 0.314 e. The zero-order chi connectivity index (χ0) is 15.4. The van der Waals surface area contributed by atoms with E-state index in [2.05, 4.69) is 34.1 Å². The van der Waals surface area contributed by atoms with Crippen molar-refractivity contribution in [2.75, 3.05) is 6.54 Å². The minimum Gasteiger partial charge on any atom is -0.314 e.